The Balaban J connectivity index is 2.46. The van der Waals surface area contributed by atoms with Crippen molar-refractivity contribution in [3.05, 3.63) is 42.2 Å². The molecule has 0 fully saturated rings. The van der Waals surface area contributed by atoms with Gasteiger partial charge >= 0.3 is 5.97 Å². The van der Waals surface area contributed by atoms with Gasteiger partial charge in [0.1, 0.15) is 0 Å². The summed E-state index contributed by atoms with van der Waals surface area (Å²) < 4.78 is 29.7. The fourth-order valence-corrected chi connectivity index (χ4v) is 2.60. The zero-order valence-corrected chi connectivity index (χ0v) is 11.9. The molecule has 1 heterocycles. The van der Waals surface area contributed by atoms with Gasteiger partial charge in [0, 0.05) is 12.5 Å². The average Bonchev–Trinajstić information content (AvgIpc) is 2.87. The van der Waals surface area contributed by atoms with Crippen molar-refractivity contribution < 1.29 is 17.9 Å². The molecule has 1 aromatic heterocycles. The molecule has 0 aliphatic carbocycles. The number of ether oxygens (including phenoxy) is 1. The molecule has 6 nitrogen and oxygen atoms in total. The topological polar surface area (TPSA) is 78.3 Å². The highest BCUT2D eigenvalue weighted by Crippen LogP contribution is 2.19. The van der Waals surface area contributed by atoms with Crippen LogP contribution in [0.2, 0.25) is 0 Å². The van der Waals surface area contributed by atoms with Crippen molar-refractivity contribution in [3.63, 3.8) is 0 Å². The SMILES string of the molecule is CCOC(=O)c1cnn(-c2ccccc2S(C)(=O)=O)c1. The molecule has 20 heavy (non-hydrogen) atoms. The number of hydrogen-bond acceptors (Lipinski definition) is 5. The Morgan fingerprint density at radius 3 is 2.70 bits per heavy atom. The van der Waals surface area contributed by atoms with Gasteiger partial charge < -0.3 is 4.74 Å². The fourth-order valence-electron chi connectivity index (χ4n) is 1.73. The summed E-state index contributed by atoms with van der Waals surface area (Å²) in [6, 6.07) is 6.46. The van der Waals surface area contributed by atoms with E-state index in [1.54, 1.807) is 25.1 Å². The van der Waals surface area contributed by atoms with E-state index in [0.717, 1.165) is 6.26 Å². The Bertz CT molecular complexity index is 734. The van der Waals surface area contributed by atoms with Crippen LogP contribution in [0, 0.1) is 0 Å². The van der Waals surface area contributed by atoms with E-state index in [4.69, 9.17) is 4.74 Å². The van der Waals surface area contributed by atoms with E-state index in [0.29, 0.717) is 5.69 Å². The summed E-state index contributed by atoms with van der Waals surface area (Å²) in [7, 11) is -3.38. The number of benzene rings is 1. The third-order valence-corrected chi connectivity index (χ3v) is 3.75. The van der Waals surface area contributed by atoms with Crippen molar-refractivity contribution in [3.8, 4) is 5.69 Å². The first-order valence-electron chi connectivity index (χ1n) is 5.94. The molecule has 0 bridgehead atoms. The van der Waals surface area contributed by atoms with E-state index in [1.165, 1.54) is 23.1 Å². The summed E-state index contributed by atoms with van der Waals surface area (Å²) >= 11 is 0. The molecule has 0 aliphatic heterocycles. The molecule has 1 aromatic carbocycles. The minimum absolute atomic E-state index is 0.151. The number of carbonyl (C=O) groups excluding carboxylic acids is 1. The van der Waals surface area contributed by atoms with Crippen LogP contribution in [0.25, 0.3) is 5.69 Å². The maximum absolute atomic E-state index is 11.7. The maximum atomic E-state index is 11.7. The van der Waals surface area contributed by atoms with E-state index in [-0.39, 0.29) is 17.1 Å². The van der Waals surface area contributed by atoms with Gasteiger partial charge in [0.25, 0.3) is 0 Å². The lowest BCUT2D eigenvalue weighted by Crippen LogP contribution is -2.06. The Morgan fingerprint density at radius 1 is 1.35 bits per heavy atom. The van der Waals surface area contributed by atoms with Crippen LogP contribution in [-0.2, 0) is 14.6 Å². The molecule has 2 rings (SSSR count). The molecule has 0 saturated carbocycles. The van der Waals surface area contributed by atoms with Gasteiger partial charge in [0.05, 0.1) is 29.0 Å². The molecule has 0 spiro atoms. The highest BCUT2D eigenvalue weighted by molar-refractivity contribution is 7.90. The normalized spacial score (nSPS) is 11.3. The number of carbonyl (C=O) groups is 1. The summed E-state index contributed by atoms with van der Waals surface area (Å²) in [4.78, 5) is 11.7. The van der Waals surface area contributed by atoms with Crippen LogP contribution in [0.15, 0.2) is 41.6 Å². The third kappa shape index (κ3) is 2.88. The van der Waals surface area contributed by atoms with Crippen molar-refractivity contribution in [2.45, 2.75) is 11.8 Å². The molecule has 0 atom stereocenters. The summed E-state index contributed by atoms with van der Waals surface area (Å²) in [5.41, 5.74) is 0.667. The molecular weight excluding hydrogens is 280 g/mol. The number of esters is 1. The number of para-hydroxylation sites is 1. The first-order chi connectivity index (χ1) is 9.43. The number of sulfone groups is 1. The lowest BCUT2D eigenvalue weighted by atomic mass is 10.3. The second kappa shape index (κ2) is 5.46. The lowest BCUT2D eigenvalue weighted by molar-refractivity contribution is 0.0526. The smallest absolute Gasteiger partial charge is 0.341 e. The quantitative estimate of drug-likeness (QED) is 0.798. The molecule has 0 radical (unpaired) electrons. The van der Waals surface area contributed by atoms with E-state index >= 15 is 0 Å². The molecule has 0 saturated heterocycles. The van der Waals surface area contributed by atoms with Gasteiger partial charge in [0.2, 0.25) is 0 Å². The highest BCUT2D eigenvalue weighted by atomic mass is 32.2. The maximum Gasteiger partial charge on any atom is 0.341 e. The Labute approximate surface area is 116 Å². The molecule has 2 aromatic rings. The van der Waals surface area contributed by atoms with Gasteiger partial charge in [-0.05, 0) is 19.1 Å². The summed E-state index contributed by atoms with van der Waals surface area (Å²) in [6.07, 6.45) is 3.92. The average molecular weight is 294 g/mol. The number of hydrogen-bond donors (Lipinski definition) is 0. The van der Waals surface area contributed by atoms with Gasteiger partial charge in [-0.2, -0.15) is 5.10 Å². The molecule has 0 unspecified atom stereocenters. The van der Waals surface area contributed by atoms with Crippen molar-refractivity contribution in [2.24, 2.45) is 0 Å². The molecule has 7 heteroatoms. The largest absolute Gasteiger partial charge is 0.462 e. The molecular formula is C13H14N2O4S. The Morgan fingerprint density at radius 2 is 2.05 bits per heavy atom. The molecule has 0 aliphatic rings. The number of aromatic nitrogens is 2. The van der Waals surface area contributed by atoms with Gasteiger partial charge in [0.15, 0.2) is 9.84 Å². The van der Waals surface area contributed by atoms with Crippen LogP contribution in [-0.4, -0.2) is 37.0 Å². The number of nitrogens with zero attached hydrogens (tertiary/aromatic N) is 2. The van der Waals surface area contributed by atoms with Gasteiger partial charge in [-0.15, -0.1) is 0 Å². The van der Waals surface area contributed by atoms with E-state index in [2.05, 4.69) is 5.10 Å². The van der Waals surface area contributed by atoms with Crippen molar-refractivity contribution in [2.75, 3.05) is 12.9 Å². The standard InChI is InChI=1S/C13H14N2O4S/c1-3-19-13(16)10-8-14-15(9-10)11-6-4-5-7-12(11)20(2,17)18/h4-9H,3H2,1-2H3. The van der Waals surface area contributed by atoms with Gasteiger partial charge in [-0.1, -0.05) is 12.1 Å². The van der Waals surface area contributed by atoms with E-state index in [1.807, 2.05) is 0 Å². The zero-order valence-electron chi connectivity index (χ0n) is 11.1. The van der Waals surface area contributed by atoms with E-state index in [9.17, 15) is 13.2 Å². The predicted molar refractivity (Wildman–Crippen MR) is 72.6 cm³/mol. The third-order valence-electron chi connectivity index (χ3n) is 2.61. The second-order valence-electron chi connectivity index (χ2n) is 4.13. The van der Waals surface area contributed by atoms with E-state index < -0.39 is 15.8 Å². The summed E-state index contributed by atoms with van der Waals surface area (Å²) in [5.74, 6) is -0.490. The first kappa shape index (κ1) is 14.3. The summed E-state index contributed by atoms with van der Waals surface area (Å²) in [5, 5.41) is 4.02. The fraction of sp³-hybridized carbons (Fsp3) is 0.231. The first-order valence-corrected chi connectivity index (χ1v) is 7.84. The Hall–Kier alpha value is -2.15. The monoisotopic (exact) mass is 294 g/mol. The summed E-state index contributed by atoms with van der Waals surface area (Å²) in [6.45, 7) is 1.98. The van der Waals surface area contributed by atoms with Crippen LogP contribution in [0.3, 0.4) is 0 Å². The van der Waals surface area contributed by atoms with Gasteiger partial charge in [-0.25, -0.2) is 17.9 Å². The minimum Gasteiger partial charge on any atom is -0.462 e. The van der Waals surface area contributed by atoms with Crippen molar-refractivity contribution >= 4 is 15.8 Å². The molecule has 106 valence electrons. The van der Waals surface area contributed by atoms with Crippen LogP contribution in [0.4, 0.5) is 0 Å². The lowest BCUT2D eigenvalue weighted by Gasteiger charge is -2.07. The minimum atomic E-state index is -3.38. The Kier molecular flexibility index (Phi) is 3.89. The van der Waals surface area contributed by atoms with Crippen LogP contribution >= 0.6 is 0 Å². The highest BCUT2D eigenvalue weighted by Gasteiger charge is 2.16. The predicted octanol–water partition coefficient (Wildman–Crippen LogP) is 1.45. The van der Waals surface area contributed by atoms with Gasteiger partial charge in [-0.3, -0.25) is 0 Å². The number of rotatable bonds is 4. The second-order valence-corrected chi connectivity index (χ2v) is 6.12. The molecule has 0 N–H and O–H groups in total. The molecule has 0 amide bonds. The van der Waals surface area contributed by atoms with Crippen molar-refractivity contribution in [1.29, 1.82) is 0 Å². The van der Waals surface area contributed by atoms with Crippen LogP contribution < -0.4 is 0 Å². The van der Waals surface area contributed by atoms with Crippen molar-refractivity contribution in [1.82, 2.24) is 9.78 Å². The zero-order chi connectivity index (χ0) is 14.8. The van der Waals surface area contributed by atoms with Crippen LogP contribution in [0.1, 0.15) is 17.3 Å². The van der Waals surface area contributed by atoms with Crippen LogP contribution in [0.5, 0.6) is 0 Å².